The Kier molecular flexibility index (Phi) is 3.95. The van der Waals surface area contributed by atoms with Crippen molar-refractivity contribution in [2.45, 2.75) is 33.7 Å². The van der Waals surface area contributed by atoms with Crippen LogP contribution in [0.25, 0.3) is 10.9 Å². The van der Waals surface area contributed by atoms with Crippen molar-refractivity contribution in [2.24, 2.45) is 0 Å². The Bertz CT molecular complexity index is 870. The Morgan fingerprint density at radius 3 is 2.39 bits per heavy atom. The summed E-state index contributed by atoms with van der Waals surface area (Å²) in [5, 5.41) is 10.2. The molecule has 0 fully saturated rings. The van der Waals surface area contributed by atoms with Gasteiger partial charge in [-0.15, -0.1) is 0 Å². The Morgan fingerprint density at radius 2 is 1.74 bits per heavy atom. The molecule has 0 bridgehead atoms. The first-order valence-electron chi connectivity index (χ1n) is 7.81. The SMILES string of the molecule is Cc1cccc(C)c1Cn1cc(C)c2ccc(CC(=O)O)cc21. The fourth-order valence-electron chi connectivity index (χ4n) is 3.21. The van der Waals surface area contributed by atoms with Crippen molar-refractivity contribution in [1.29, 1.82) is 0 Å². The normalized spacial score (nSPS) is 11.1. The zero-order chi connectivity index (χ0) is 16.6. The summed E-state index contributed by atoms with van der Waals surface area (Å²) in [6.07, 6.45) is 2.21. The molecule has 0 radical (unpaired) electrons. The lowest BCUT2D eigenvalue weighted by Gasteiger charge is -2.12. The second-order valence-electron chi connectivity index (χ2n) is 6.23. The number of carboxylic acid groups (broad SMARTS) is 1. The Hall–Kier alpha value is -2.55. The number of carboxylic acids is 1. The van der Waals surface area contributed by atoms with E-state index < -0.39 is 5.97 Å². The molecular weight excluding hydrogens is 286 g/mol. The van der Waals surface area contributed by atoms with Crippen molar-refractivity contribution in [1.82, 2.24) is 4.57 Å². The van der Waals surface area contributed by atoms with Crippen LogP contribution in [0.2, 0.25) is 0 Å². The van der Waals surface area contributed by atoms with Gasteiger partial charge in [0.2, 0.25) is 0 Å². The highest BCUT2D eigenvalue weighted by molar-refractivity contribution is 5.85. The van der Waals surface area contributed by atoms with E-state index in [-0.39, 0.29) is 6.42 Å². The summed E-state index contributed by atoms with van der Waals surface area (Å²) < 4.78 is 2.23. The Labute approximate surface area is 136 Å². The zero-order valence-electron chi connectivity index (χ0n) is 13.8. The van der Waals surface area contributed by atoms with Crippen LogP contribution in [0.5, 0.6) is 0 Å². The van der Waals surface area contributed by atoms with Crippen LogP contribution < -0.4 is 0 Å². The predicted octanol–water partition coefficient (Wildman–Crippen LogP) is 4.24. The number of rotatable bonds is 4. The topological polar surface area (TPSA) is 42.2 Å². The molecule has 1 N–H and O–H groups in total. The van der Waals surface area contributed by atoms with Crippen molar-refractivity contribution in [3.63, 3.8) is 0 Å². The average Bonchev–Trinajstić information content (AvgIpc) is 2.78. The van der Waals surface area contributed by atoms with Crippen molar-refractivity contribution in [3.05, 3.63) is 70.4 Å². The molecule has 1 heterocycles. The van der Waals surface area contributed by atoms with Gasteiger partial charge in [0.05, 0.1) is 6.42 Å². The number of benzene rings is 2. The molecule has 0 unspecified atom stereocenters. The first-order chi connectivity index (χ1) is 11.0. The molecule has 3 rings (SSSR count). The van der Waals surface area contributed by atoms with Crippen LogP contribution in [0.15, 0.2) is 42.6 Å². The van der Waals surface area contributed by atoms with Crippen molar-refractivity contribution in [2.75, 3.05) is 0 Å². The number of carbonyl (C=O) groups is 1. The van der Waals surface area contributed by atoms with Gasteiger partial charge in [-0.05, 0) is 54.7 Å². The molecule has 0 saturated carbocycles. The highest BCUT2D eigenvalue weighted by Gasteiger charge is 2.10. The highest BCUT2D eigenvalue weighted by Crippen LogP contribution is 2.25. The number of aromatic nitrogens is 1. The first kappa shape index (κ1) is 15.3. The number of nitrogens with zero attached hydrogens (tertiary/aromatic N) is 1. The molecule has 118 valence electrons. The smallest absolute Gasteiger partial charge is 0.307 e. The Balaban J connectivity index is 2.08. The van der Waals surface area contributed by atoms with Crippen molar-refractivity contribution >= 4 is 16.9 Å². The minimum Gasteiger partial charge on any atom is -0.481 e. The van der Waals surface area contributed by atoms with Gasteiger partial charge in [-0.2, -0.15) is 0 Å². The third-order valence-electron chi connectivity index (χ3n) is 4.47. The van der Waals surface area contributed by atoms with Crippen LogP contribution in [0.3, 0.4) is 0 Å². The average molecular weight is 307 g/mol. The summed E-state index contributed by atoms with van der Waals surface area (Å²) in [5.41, 5.74) is 7.05. The van der Waals surface area contributed by atoms with E-state index in [9.17, 15) is 4.79 Å². The van der Waals surface area contributed by atoms with Gasteiger partial charge in [-0.25, -0.2) is 0 Å². The van der Waals surface area contributed by atoms with E-state index in [0.717, 1.165) is 17.6 Å². The van der Waals surface area contributed by atoms with Crippen LogP contribution in [-0.4, -0.2) is 15.6 Å². The maximum Gasteiger partial charge on any atom is 0.307 e. The van der Waals surface area contributed by atoms with Crippen molar-refractivity contribution in [3.8, 4) is 0 Å². The number of fused-ring (bicyclic) bond motifs is 1. The predicted molar refractivity (Wildman–Crippen MR) is 93.0 cm³/mol. The monoisotopic (exact) mass is 307 g/mol. The van der Waals surface area contributed by atoms with E-state index >= 15 is 0 Å². The van der Waals surface area contributed by atoms with Gasteiger partial charge >= 0.3 is 5.97 Å². The second kappa shape index (κ2) is 5.92. The molecule has 23 heavy (non-hydrogen) atoms. The van der Waals surface area contributed by atoms with Gasteiger partial charge in [-0.3, -0.25) is 4.79 Å². The van der Waals surface area contributed by atoms with Crippen molar-refractivity contribution < 1.29 is 9.90 Å². The maximum atomic E-state index is 11.0. The molecule has 1 aromatic heterocycles. The molecule has 0 saturated heterocycles. The van der Waals surface area contributed by atoms with Crippen LogP contribution in [0, 0.1) is 20.8 Å². The maximum absolute atomic E-state index is 11.0. The summed E-state index contributed by atoms with van der Waals surface area (Å²) in [6, 6.07) is 12.3. The molecule has 0 atom stereocenters. The van der Waals surface area contributed by atoms with E-state index in [0.29, 0.717) is 0 Å². The Morgan fingerprint density at radius 1 is 1.04 bits per heavy atom. The fraction of sp³-hybridized carbons (Fsp3) is 0.250. The first-order valence-corrected chi connectivity index (χ1v) is 7.81. The lowest BCUT2D eigenvalue weighted by molar-refractivity contribution is -0.136. The lowest BCUT2D eigenvalue weighted by Crippen LogP contribution is -2.03. The van der Waals surface area contributed by atoms with E-state index in [1.165, 1.54) is 27.6 Å². The van der Waals surface area contributed by atoms with Gasteiger partial charge < -0.3 is 9.67 Å². The summed E-state index contributed by atoms with van der Waals surface area (Å²) in [6.45, 7) is 7.17. The van der Waals surface area contributed by atoms with Gasteiger partial charge in [0.25, 0.3) is 0 Å². The second-order valence-corrected chi connectivity index (χ2v) is 6.23. The van der Waals surface area contributed by atoms with Crippen LogP contribution in [-0.2, 0) is 17.8 Å². The number of aryl methyl sites for hydroxylation is 3. The largest absolute Gasteiger partial charge is 0.481 e. The molecule has 0 spiro atoms. The van der Waals surface area contributed by atoms with E-state index in [4.69, 9.17) is 5.11 Å². The number of hydrogen-bond acceptors (Lipinski definition) is 1. The zero-order valence-corrected chi connectivity index (χ0v) is 13.8. The molecule has 2 aromatic carbocycles. The minimum absolute atomic E-state index is 0.0591. The summed E-state index contributed by atoms with van der Waals surface area (Å²) in [5.74, 6) is -0.797. The molecule has 0 aliphatic heterocycles. The van der Waals surface area contributed by atoms with Gasteiger partial charge in [0, 0.05) is 23.6 Å². The standard InChI is InChI=1S/C20H21NO2/c1-13-5-4-6-14(2)18(13)12-21-11-15(3)17-8-7-16(9-19(17)21)10-20(22)23/h4-9,11H,10,12H2,1-3H3,(H,22,23). The lowest BCUT2D eigenvalue weighted by atomic mass is 10.0. The van der Waals surface area contributed by atoms with Gasteiger partial charge in [0.15, 0.2) is 0 Å². The van der Waals surface area contributed by atoms with Crippen LogP contribution >= 0.6 is 0 Å². The number of aliphatic carboxylic acids is 1. The van der Waals surface area contributed by atoms with Gasteiger partial charge in [-0.1, -0.05) is 30.3 Å². The number of hydrogen-bond donors (Lipinski definition) is 1. The molecule has 3 nitrogen and oxygen atoms in total. The van der Waals surface area contributed by atoms with Gasteiger partial charge in [0.1, 0.15) is 0 Å². The fourth-order valence-corrected chi connectivity index (χ4v) is 3.21. The molecule has 0 aliphatic carbocycles. The molecule has 3 heteroatoms. The summed E-state index contributed by atoms with van der Waals surface area (Å²) in [4.78, 5) is 11.0. The summed E-state index contributed by atoms with van der Waals surface area (Å²) in [7, 11) is 0. The van der Waals surface area contributed by atoms with E-state index in [1.54, 1.807) is 0 Å². The van der Waals surface area contributed by atoms with E-state index in [1.807, 2.05) is 18.2 Å². The summed E-state index contributed by atoms with van der Waals surface area (Å²) >= 11 is 0. The molecular formula is C20H21NO2. The molecule has 0 amide bonds. The molecule has 3 aromatic rings. The highest BCUT2D eigenvalue weighted by atomic mass is 16.4. The van der Waals surface area contributed by atoms with Crippen LogP contribution in [0.1, 0.15) is 27.8 Å². The van der Waals surface area contributed by atoms with E-state index in [2.05, 4.69) is 49.7 Å². The quantitative estimate of drug-likeness (QED) is 0.783. The molecule has 0 aliphatic rings. The van der Waals surface area contributed by atoms with Crippen LogP contribution in [0.4, 0.5) is 0 Å². The minimum atomic E-state index is -0.797. The third kappa shape index (κ3) is 3.00. The third-order valence-corrected chi connectivity index (χ3v) is 4.47.